The van der Waals surface area contributed by atoms with E-state index in [-0.39, 0.29) is 16.8 Å². The van der Waals surface area contributed by atoms with E-state index in [0.29, 0.717) is 25.0 Å². The number of carbonyl (C=O) groups is 2. The molecular weight excluding hydrogens is 204 g/mol. The van der Waals surface area contributed by atoms with Gasteiger partial charge in [0.05, 0.1) is 7.11 Å². The Morgan fingerprint density at radius 1 is 1.38 bits per heavy atom. The normalized spacial score (nSPS) is 28.9. The van der Waals surface area contributed by atoms with Gasteiger partial charge in [0.2, 0.25) is 0 Å². The fourth-order valence-electron chi connectivity index (χ4n) is 2.55. The van der Waals surface area contributed by atoms with Crippen LogP contribution < -0.4 is 0 Å². The molecule has 1 aliphatic rings. The van der Waals surface area contributed by atoms with Crippen LogP contribution in [-0.4, -0.2) is 18.9 Å². The number of Topliss-reactive ketones (excluding diaryl/α,β-unsaturated/α-hetero) is 1. The van der Waals surface area contributed by atoms with Crippen molar-refractivity contribution in [1.82, 2.24) is 0 Å². The first-order valence-electron chi connectivity index (χ1n) is 5.93. The summed E-state index contributed by atoms with van der Waals surface area (Å²) in [5.74, 6) is 0.0723. The number of esters is 1. The fraction of sp³-hybridized carbons (Fsp3) is 0.846. The Morgan fingerprint density at radius 2 is 2.00 bits per heavy atom. The van der Waals surface area contributed by atoms with E-state index in [0.717, 1.165) is 12.8 Å². The van der Waals surface area contributed by atoms with E-state index in [2.05, 4.69) is 18.6 Å². The molecule has 0 bridgehead atoms. The zero-order chi connectivity index (χ0) is 12.4. The van der Waals surface area contributed by atoms with Crippen LogP contribution in [0, 0.1) is 10.8 Å². The molecular formula is C13H22O3. The Balaban J connectivity index is 2.77. The largest absolute Gasteiger partial charge is 0.469 e. The van der Waals surface area contributed by atoms with Crippen LogP contribution in [0.15, 0.2) is 0 Å². The summed E-state index contributed by atoms with van der Waals surface area (Å²) in [6.45, 7) is 6.25. The number of rotatable bonds is 3. The van der Waals surface area contributed by atoms with Gasteiger partial charge < -0.3 is 4.74 Å². The molecule has 3 nitrogen and oxygen atoms in total. The Labute approximate surface area is 97.5 Å². The number of hydrogen-bond acceptors (Lipinski definition) is 3. The number of ketones is 1. The minimum Gasteiger partial charge on any atom is -0.469 e. The van der Waals surface area contributed by atoms with Crippen molar-refractivity contribution < 1.29 is 14.3 Å². The van der Waals surface area contributed by atoms with Crippen molar-refractivity contribution in [2.24, 2.45) is 10.8 Å². The van der Waals surface area contributed by atoms with Gasteiger partial charge in [-0.25, -0.2) is 0 Å². The minimum atomic E-state index is -0.376. The van der Waals surface area contributed by atoms with Gasteiger partial charge >= 0.3 is 5.97 Å². The van der Waals surface area contributed by atoms with E-state index < -0.39 is 0 Å². The first-order valence-corrected chi connectivity index (χ1v) is 5.93. The number of carbonyl (C=O) groups excluding carboxylic acids is 2. The van der Waals surface area contributed by atoms with Crippen LogP contribution >= 0.6 is 0 Å². The highest BCUT2D eigenvalue weighted by atomic mass is 16.5. The lowest BCUT2D eigenvalue weighted by molar-refractivity contribution is -0.145. The number of hydrogen-bond donors (Lipinski definition) is 0. The van der Waals surface area contributed by atoms with Crippen molar-refractivity contribution in [2.45, 2.75) is 52.9 Å². The summed E-state index contributed by atoms with van der Waals surface area (Å²) < 4.78 is 4.64. The molecule has 1 atom stereocenters. The fourth-order valence-corrected chi connectivity index (χ4v) is 2.55. The number of ether oxygens (including phenoxy) is 1. The first kappa shape index (κ1) is 13.2. The average Bonchev–Trinajstić information content (AvgIpc) is 2.22. The summed E-state index contributed by atoms with van der Waals surface area (Å²) >= 11 is 0. The molecule has 0 aromatic rings. The van der Waals surface area contributed by atoms with Gasteiger partial charge in [0.1, 0.15) is 5.78 Å². The first-order chi connectivity index (χ1) is 7.33. The van der Waals surface area contributed by atoms with Crippen LogP contribution in [-0.2, 0) is 14.3 Å². The van der Waals surface area contributed by atoms with Crippen molar-refractivity contribution >= 4 is 11.8 Å². The maximum Gasteiger partial charge on any atom is 0.305 e. The zero-order valence-electron chi connectivity index (χ0n) is 10.8. The molecule has 92 valence electrons. The Bertz CT molecular complexity index is 294. The number of methoxy groups -OCH3 is 1. The van der Waals surface area contributed by atoms with Gasteiger partial charge in [0, 0.05) is 18.3 Å². The quantitative estimate of drug-likeness (QED) is 0.695. The molecule has 0 spiro atoms. The van der Waals surface area contributed by atoms with Gasteiger partial charge in [-0.15, -0.1) is 0 Å². The van der Waals surface area contributed by atoms with Gasteiger partial charge in [0.25, 0.3) is 0 Å². The van der Waals surface area contributed by atoms with Crippen molar-refractivity contribution in [2.75, 3.05) is 7.11 Å². The summed E-state index contributed by atoms with van der Waals surface area (Å²) in [5.41, 5.74) is -0.393. The molecule has 1 aliphatic carbocycles. The summed E-state index contributed by atoms with van der Waals surface area (Å²) in [5, 5.41) is 0. The topological polar surface area (TPSA) is 43.4 Å². The van der Waals surface area contributed by atoms with Crippen molar-refractivity contribution in [3.63, 3.8) is 0 Å². The predicted molar refractivity (Wildman–Crippen MR) is 62.0 cm³/mol. The highest BCUT2D eigenvalue weighted by Crippen LogP contribution is 2.50. The third-order valence-electron chi connectivity index (χ3n) is 4.37. The molecule has 0 amide bonds. The van der Waals surface area contributed by atoms with Crippen LogP contribution in [0.2, 0.25) is 0 Å². The SMILES string of the molecule is COC(=O)CCC1(C)C(=O)CCCC1(C)C. The summed E-state index contributed by atoms with van der Waals surface area (Å²) in [7, 11) is 1.39. The standard InChI is InChI=1S/C13H22O3/c1-12(2)8-5-6-10(14)13(12,3)9-7-11(15)16-4/h5-9H2,1-4H3. The zero-order valence-corrected chi connectivity index (χ0v) is 10.8. The summed E-state index contributed by atoms with van der Waals surface area (Å²) in [4.78, 5) is 23.3. The predicted octanol–water partition coefficient (Wildman–Crippen LogP) is 2.73. The third kappa shape index (κ3) is 2.28. The monoisotopic (exact) mass is 226 g/mol. The lowest BCUT2D eigenvalue weighted by Gasteiger charge is -2.46. The molecule has 1 fully saturated rings. The molecule has 0 aromatic heterocycles. The molecule has 16 heavy (non-hydrogen) atoms. The summed E-state index contributed by atoms with van der Waals surface area (Å²) in [6.07, 6.45) is 3.62. The van der Waals surface area contributed by atoms with E-state index in [1.54, 1.807) is 0 Å². The second-order valence-electron chi connectivity index (χ2n) is 5.57. The molecule has 0 radical (unpaired) electrons. The maximum atomic E-state index is 12.1. The van der Waals surface area contributed by atoms with E-state index in [4.69, 9.17) is 0 Å². The van der Waals surface area contributed by atoms with Crippen LogP contribution in [0.3, 0.4) is 0 Å². The smallest absolute Gasteiger partial charge is 0.305 e. The lowest BCUT2D eigenvalue weighted by Crippen LogP contribution is -2.45. The molecule has 1 rings (SSSR count). The molecule has 0 heterocycles. The molecule has 3 heteroatoms. The van der Waals surface area contributed by atoms with E-state index in [1.165, 1.54) is 7.11 Å². The Hall–Kier alpha value is -0.860. The molecule has 0 aliphatic heterocycles. The molecule has 1 saturated carbocycles. The van der Waals surface area contributed by atoms with Crippen LogP contribution in [0.25, 0.3) is 0 Å². The molecule has 0 aromatic carbocycles. The van der Waals surface area contributed by atoms with Crippen LogP contribution in [0.4, 0.5) is 0 Å². The van der Waals surface area contributed by atoms with Gasteiger partial charge in [0.15, 0.2) is 0 Å². The van der Waals surface area contributed by atoms with E-state index in [1.807, 2.05) is 6.92 Å². The average molecular weight is 226 g/mol. The van der Waals surface area contributed by atoms with Crippen LogP contribution in [0.5, 0.6) is 0 Å². The highest BCUT2D eigenvalue weighted by molar-refractivity contribution is 5.86. The van der Waals surface area contributed by atoms with E-state index >= 15 is 0 Å². The van der Waals surface area contributed by atoms with Crippen LogP contribution in [0.1, 0.15) is 52.9 Å². The molecule has 0 N–H and O–H groups in total. The molecule has 0 saturated heterocycles. The Kier molecular flexibility index (Phi) is 3.76. The lowest BCUT2D eigenvalue weighted by atomic mass is 9.56. The van der Waals surface area contributed by atoms with Crippen molar-refractivity contribution in [1.29, 1.82) is 0 Å². The van der Waals surface area contributed by atoms with Crippen molar-refractivity contribution in [3.05, 3.63) is 0 Å². The second-order valence-corrected chi connectivity index (χ2v) is 5.57. The van der Waals surface area contributed by atoms with Crippen molar-refractivity contribution in [3.8, 4) is 0 Å². The van der Waals surface area contributed by atoms with E-state index in [9.17, 15) is 9.59 Å². The third-order valence-corrected chi connectivity index (χ3v) is 4.37. The Morgan fingerprint density at radius 3 is 2.50 bits per heavy atom. The molecule has 1 unspecified atom stereocenters. The maximum absolute atomic E-state index is 12.1. The highest BCUT2D eigenvalue weighted by Gasteiger charge is 2.48. The summed E-state index contributed by atoms with van der Waals surface area (Å²) in [6, 6.07) is 0. The second kappa shape index (κ2) is 4.56. The van der Waals surface area contributed by atoms with Gasteiger partial charge in [-0.2, -0.15) is 0 Å². The van der Waals surface area contributed by atoms with Gasteiger partial charge in [-0.1, -0.05) is 20.8 Å². The van der Waals surface area contributed by atoms with Gasteiger partial charge in [-0.3, -0.25) is 9.59 Å². The van der Waals surface area contributed by atoms with Gasteiger partial charge in [-0.05, 0) is 24.7 Å². The minimum absolute atomic E-state index is 0.0175.